The van der Waals surface area contributed by atoms with E-state index in [0.29, 0.717) is 12.3 Å². The highest BCUT2D eigenvalue weighted by atomic mass is 16.6. The summed E-state index contributed by atoms with van der Waals surface area (Å²) in [5.74, 6) is 0.250. The fourth-order valence-corrected chi connectivity index (χ4v) is 2.62. The van der Waals surface area contributed by atoms with Crippen molar-refractivity contribution < 1.29 is 14.5 Å². The van der Waals surface area contributed by atoms with Gasteiger partial charge in [-0.1, -0.05) is 36.4 Å². The first-order valence-electron chi connectivity index (χ1n) is 8.12. The number of carbonyl (C=O) groups is 1. The van der Waals surface area contributed by atoms with Crippen LogP contribution in [0.15, 0.2) is 66.7 Å². The fourth-order valence-electron chi connectivity index (χ4n) is 2.62. The molecular weight excluding hydrogens is 332 g/mol. The van der Waals surface area contributed by atoms with Gasteiger partial charge >= 0.3 is 0 Å². The molecule has 0 N–H and O–H groups in total. The highest BCUT2D eigenvalue weighted by molar-refractivity contribution is 5.83. The van der Waals surface area contributed by atoms with Gasteiger partial charge in [-0.25, -0.2) is 0 Å². The van der Waals surface area contributed by atoms with Crippen molar-refractivity contribution in [3.63, 3.8) is 0 Å². The summed E-state index contributed by atoms with van der Waals surface area (Å²) in [5, 5.41) is 12.9. The van der Waals surface area contributed by atoms with Crippen LogP contribution >= 0.6 is 0 Å². The maximum atomic E-state index is 12.3. The van der Waals surface area contributed by atoms with Crippen molar-refractivity contribution >= 4 is 22.4 Å². The summed E-state index contributed by atoms with van der Waals surface area (Å²) < 4.78 is 5.42. The van der Waals surface area contributed by atoms with Gasteiger partial charge in [0.25, 0.3) is 11.6 Å². The molecule has 1 amide bonds. The van der Waals surface area contributed by atoms with E-state index in [1.54, 1.807) is 11.9 Å². The van der Waals surface area contributed by atoms with Crippen molar-refractivity contribution in [2.45, 2.75) is 6.54 Å². The third kappa shape index (κ3) is 4.16. The van der Waals surface area contributed by atoms with E-state index in [2.05, 4.69) is 6.07 Å². The molecule has 0 saturated carbocycles. The first kappa shape index (κ1) is 17.4. The number of ether oxygens (including phenoxy) is 1. The number of rotatable bonds is 6. The van der Waals surface area contributed by atoms with Crippen molar-refractivity contribution in [3.8, 4) is 5.75 Å². The average Bonchev–Trinajstić information content (AvgIpc) is 2.66. The molecule has 0 atom stereocenters. The lowest BCUT2D eigenvalue weighted by Gasteiger charge is -2.18. The van der Waals surface area contributed by atoms with Gasteiger partial charge in [0.15, 0.2) is 6.61 Å². The zero-order chi connectivity index (χ0) is 18.5. The number of likely N-dealkylation sites (N-methyl/N-ethyl adjacent to an activating group) is 1. The van der Waals surface area contributed by atoms with Crippen LogP contribution in [0.5, 0.6) is 5.75 Å². The van der Waals surface area contributed by atoms with Crippen molar-refractivity contribution in [1.29, 1.82) is 0 Å². The molecule has 3 aromatic rings. The van der Waals surface area contributed by atoms with E-state index in [0.717, 1.165) is 16.3 Å². The Balaban J connectivity index is 1.57. The van der Waals surface area contributed by atoms with Crippen LogP contribution in [0, 0.1) is 10.1 Å². The number of nitro benzene ring substituents is 1. The standard InChI is InChI=1S/C20H18N2O4/c1-21(13-15-6-7-16-4-2-3-5-17(16)12-15)20(23)14-26-19-10-8-18(9-11-19)22(24)25/h2-12H,13-14H2,1H3. The smallest absolute Gasteiger partial charge is 0.269 e. The molecule has 3 rings (SSSR count). The van der Waals surface area contributed by atoms with Gasteiger partial charge in [-0.3, -0.25) is 14.9 Å². The van der Waals surface area contributed by atoms with Crippen LogP contribution in [0.3, 0.4) is 0 Å². The molecule has 0 spiro atoms. The Morgan fingerprint density at radius 3 is 2.42 bits per heavy atom. The predicted molar refractivity (Wildman–Crippen MR) is 99.0 cm³/mol. The molecule has 0 heterocycles. The van der Waals surface area contributed by atoms with Crippen molar-refractivity contribution in [1.82, 2.24) is 4.90 Å². The minimum atomic E-state index is -0.480. The second-order valence-electron chi connectivity index (χ2n) is 5.97. The summed E-state index contributed by atoms with van der Waals surface area (Å²) in [6, 6.07) is 19.8. The first-order valence-corrected chi connectivity index (χ1v) is 8.12. The number of carbonyl (C=O) groups excluding carboxylic acids is 1. The van der Waals surface area contributed by atoms with Crippen LogP contribution in [0.4, 0.5) is 5.69 Å². The van der Waals surface area contributed by atoms with E-state index >= 15 is 0 Å². The molecule has 0 aliphatic rings. The second kappa shape index (κ2) is 7.65. The number of hydrogen-bond donors (Lipinski definition) is 0. The molecule has 132 valence electrons. The molecule has 0 aromatic heterocycles. The molecule has 0 aliphatic carbocycles. The SMILES string of the molecule is CN(Cc1ccc2ccccc2c1)C(=O)COc1ccc([N+](=O)[O-])cc1. The molecule has 0 unspecified atom stereocenters. The van der Waals surface area contributed by atoms with Gasteiger partial charge in [0.05, 0.1) is 4.92 Å². The molecule has 0 aliphatic heterocycles. The number of hydrogen-bond acceptors (Lipinski definition) is 4. The molecule has 26 heavy (non-hydrogen) atoms. The predicted octanol–water partition coefficient (Wildman–Crippen LogP) is 3.79. The minimum Gasteiger partial charge on any atom is -0.484 e. The Morgan fingerprint density at radius 1 is 1.04 bits per heavy atom. The highest BCUT2D eigenvalue weighted by Crippen LogP contribution is 2.18. The number of non-ortho nitro benzene ring substituents is 1. The quantitative estimate of drug-likeness (QED) is 0.501. The summed E-state index contributed by atoms with van der Waals surface area (Å²) >= 11 is 0. The molecule has 0 fully saturated rings. The van der Waals surface area contributed by atoms with E-state index in [9.17, 15) is 14.9 Å². The van der Waals surface area contributed by atoms with Crippen molar-refractivity contribution in [2.24, 2.45) is 0 Å². The van der Waals surface area contributed by atoms with Crippen molar-refractivity contribution in [3.05, 3.63) is 82.4 Å². The molecule has 0 saturated heterocycles. The molecule has 3 aromatic carbocycles. The summed E-state index contributed by atoms with van der Waals surface area (Å²) in [6.45, 7) is 0.356. The van der Waals surface area contributed by atoms with Crippen LogP contribution in [-0.4, -0.2) is 29.4 Å². The molecule has 0 bridgehead atoms. The maximum absolute atomic E-state index is 12.3. The Labute approximate surface area is 150 Å². The lowest BCUT2D eigenvalue weighted by atomic mass is 10.1. The second-order valence-corrected chi connectivity index (χ2v) is 5.97. The highest BCUT2D eigenvalue weighted by Gasteiger charge is 2.11. The number of benzene rings is 3. The largest absolute Gasteiger partial charge is 0.484 e. The monoisotopic (exact) mass is 350 g/mol. The molecular formula is C20H18N2O4. The van der Waals surface area contributed by atoms with E-state index in [1.165, 1.54) is 24.3 Å². The summed E-state index contributed by atoms with van der Waals surface area (Å²) in [4.78, 5) is 24.0. The Bertz CT molecular complexity index is 938. The average molecular weight is 350 g/mol. The normalized spacial score (nSPS) is 10.5. The number of nitrogens with zero attached hydrogens (tertiary/aromatic N) is 2. The summed E-state index contributed by atoms with van der Waals surface area (Å²) in [5.41, 5.74) is 1.02. The lowest BCUT2D eigenvalue weighted by molar-refractivity contribution is -0.384. The van der Waals surface area contributed by atoms with Crippen LogP contribution in [0.2, 0.25) is 0 Å². The fraction of sp³-hybridized carbons (Fsp3) is 0.150. The minimum absolute atomic E-state index is 0.0166. The van der Waals surface area contributed by atoms with Gasteiger partial charge < -0.3 is 9.64 Å². The van der Waals surface area contributed by atoms with Crippen LogP contribution in [0.25, 0.3) is 10.8 Å². The van der Waals surface area contributed by atoms with Crippen LogP contribution in [-0.2, 0) is 11.3 Å². The third-order valence-corrected chi connectivity index (χ3v) is 4.07. The van der Waals surface area contributed by atoms with Crippen molar-refractivity contribution in [2.75, 3.05) is 13.7 Å². The van der Waals surface area contributed by atoms with E-state index in [1.807, 2.05) is 36.4 Å². The van der Waals surface area contributed by atoms with Crippen LogP contribution in [0.1, 0.15) is 5.56 Å². The zero-order valence-electron chi connectivity index (χ0n) is 14.3. The summed E-state index contributed by atoms with van der Waals surface area (Å²) in [7, 11) is 1.72. The molecule has 6 nitrogen and oxygen atoms in total. The van der Waals surface area contributed by atoms with Crippen LogP contribution < -0.4 is 4.74 Å². The Kier molecular flexibility index (Phi) is 5.12. The topological polar surface area (TPSA) is 72.7 Å². The van der Waals surface area contributed by atoms with Gasteiger partial charge in [0.1, 0.15) is 5.75 Å². The third-order valence-electron chi connectivity index (χ3n) is 4.07. The number of amides is 1. The number of nitro groups is 1. The van der Waals surface area contributed by atoms with E-state index < -0.39 is 4.92 Å². The van der Waals surface area contributed by atoms with E-state index in [-0.39, 0.29) is 18.2 Å². The van der Waals surface area contributed by atoms with E-state index in [4.69, 9.17) is 4.74 Å². The molecule has 0 radical (unpaired) electrons. The number of fused-ring (bicyclic) bond motifs is 1. The lowest BCUT2D eigenvalue weighted by Crippen LogP contribution is -2.30. The molecule has 6 heteroatoms. The Hall–Kier alpha value is -3.41. The Morgan fingerprint density at radius 2 is 1.73 bits per heavy atom. The van der Waals surface area contributed by atoms with Gasteiger partial charge in [-0.05, 0) is 34.5 Å². The van der Waals surface area contributed by atoms with Gasteiger partial charge in [0, 0.05) is 25.7 Å². The maximum Gasteiger partial charge on any atom is 0.269 e. The van der Waals surface area contributed by atoms with Gasteiger partial charge in [-0.2, -0.15) is 0 Å². The van der Waals surface area contributed by atoms with Gasteiger partial charge in [0.2, 0.25) is 0 Å². The zero-order valence-corrected chi connectivity index (χ0v) is 14.3. The van der Waals surface area contributed by atoms with Gasteiger partial charge in [-0.15, -0.1) is 0 Å². The first-order chi connectivity index (χ1) is 12.5. The summed E-state index contributed by atoms with van der Waals surface area (Å²) in [6.07, 6.45) is 0.